The van der Waals surface area contributed by atoms with E-state index in [4.69, 9.17) is 4.74 Å². The standard InChI is InChI=1S/C19H20N4O5S/c1-13-17(14(2)22(21-13)15-7-5-4-6-8-15)12-20-29(26,27)19-11-16(23(24)25)9-10-18(19)28-3/h4-11,20H,12H2,1-3H3. The Balaban J connectivity index is 1.91. The molecule has 29 heavy (non-hydrogen) atoms. The molecule has 0 radical (unpaired) electrons. The Hall–Kier alpha value is -3.24. The van der Waals surface area contributed by atoms with Crippen LogP contribution in [0.3, 0.4) is 0 Å². The molecule has 152 valence electrons. The molecule has 0 saturated heterocycles. The predicted molar refractivity (Wildman–Crippen MR) is 107 cm³/mol. The van der Waals surface area contributed by atoms with Crippen LogP contribution >= 0.6 is 0 Å². The van der Waals surface area contributed by atoms with Crippen LogP contribution in [0.1, 0.15) is 17.0 Å². The maximum Gasteiger partial charge on any atom is 0.271 e. The Morgan fingerprint density at radius 2 is 1.86 bits per heavy atom. The molecule has 0 unspecified atom stereocenters. The topological polar surface area (TPSA) is 116 Å². The fourth-order valence-corrected chi connectivity index (χ4v) is 4.17. The lowest BCUT2D eigenvalue weighted by Crippen LogP contribution is -2.24. The summed E-state index contributed by atoms with van der Waals surface area (Å²) in [7, 11) is -2.76. The summed E-state index contributed by atoms with van der Waals surface area (Å²) >= 11 is 0. The van der Waals surface area contributed by atoms with Gasteiger partial charge in [0, 0.05) is 29.9 Å². The number of aromatic nitrogens is 2. The first-order valence-corrected chi connectivity index (χ1v) is 10.2. The molecule has 10 heteroatoms. The van der Waals surface area contributed by atoms with Crippen molar-refractivity contribution in [3.05, 3.63) is 75.6 Å². The molecule has 0 saturated carbocycles. The van der Waals surface area contributed by atoms with Gasteiger partial charge in [0.05, 0.1) is 23.4 Å². The Bertz CT molecular complexity index is 1160. The van der Waals surface area contributed by atoms with E-state index in [0.717, 1.165) is 23.0 Å². The van der Waals surface area contributed by atoms with Crippen LogP contribution in [0.2, 0.25) is 0 Å². The second kappa shape index (κ2) is 8.02. The van der Waals surface area contributed by atoms with Crippen LogP contribution < -0.4 is 9.46 Å². The van der Waals surface area contributed by atoms with Crippen molar-refractivity contribution in [2.75, 3.05) is 7.11 Å². The van der Waals surface area contributed by atoms with Crippen LogP contribution in [0.25, 0.3) is 5.69 Å². The van der Waals surface area contributed by atoms with Gasteiger partial charge in [-0.25, -0.2) is 17.8 Å². The number of nitro groups is 1. The van der Waals surface area contributed by atoms with Gasteiger partial charge in [-0.1, -0.05) is 18.2 Å². The third kappa shape index (κ3) is 4.13. The Morgan fingerprint density at radius 3 is 2.48 bits per heavy atom. The number of ether oxygens (including phenoxy) is 1. The smallest absolute Gasteiger partial charge is 0.271 e. The minimum atomic E-state index is -4.06. The quantitative estimate of drug-likeness (QED) is 0.468. The van der Waals surface area contributed by atoms with Crippen LogP contribution in [-0.2, 0) is 16.6 Å². The van der Waals surface area contributed by atoms with Gasteiger partial charge in [-0.2, -0.15) is 5.10 Å². The highest BCUT2D eigenvalue weighted by atomic mass is 32.2. The average molecular weight is 416 g/mol. The number of hydrogen-bond donors (Lipinski definition) is 1. The highest BCUT2D eigenvalue weighted by Gasteiger charge is 2.24. The monoisotopic (exact) mass is 416 g/mol. The van der Waals surface area contributed by atoms with E-state index in [2.05, 4.69) is 9.82 Å². The number of aryl methyl sites for hydroxylation is 1. The fourth-order valence-electron chi connectivity index (χ4n) is 2.99. The van der Waals surface area contributed by atoms with E-state index in [1.54, 1.807) is 11.6 Å². The fraction of sp³-hybridized carbons (Fsp3) is 0.211. The zero-order valence-corrected chi connectivity index (χ0v) is 16.9. The van der Waals surface area contributed by atoms with E-state index in [1.165, 1.54) is 19.2 Å². The van der Waals surface area contributed by atoms with Gasteiger partial charge in [0.1, 0.15) is 10.6 Å². The van der Waals surface area contributed by atoms with Gasteiger partial charge in [0.2, 0.25) is 10.0 Å². The number of nitro benzene ring substituents is 1. The van der Waals surface area contributed by atoms with Crippen LogP contribution in [0.5, 0.6) is 5.75 Å². The summed E-state index contributed by atoms with van der Waals surface area (Å²) in [5.74, 6) is 0.0246. The van der Waals surface area contributed by atoms with Crippen LogP contribution in [0, 0.1) is 24.0 Å². The van der Waals surface area contributed by atoms with Crippen LogP contribution in [0.15, 0.2) is 53.4 Å². The van der Waals surface area contributed by atoms with Gasteiger partial charge in [-0.3, -0.25) is 10.1 Å². The minimum Gasteiger partial charge on any atom is -0.495 e. The molecule has 9 nitrogen and oxygen atoms in total. The molecule has 0 spiro atoms. The largest absolute Gasteiger partial charge is 0.495 e. The lowest BCUT2D eigenvalue weighted by Gasteiger charge is -2.11. The summed E-state index contributed by atoms with van der Waals surface area (Å²) in [6.45, 7) is 3.63. The summed E-state index contributed by atoms with van der Waals surface area (Å²) in [6.07, 6.45) is 0. The van der Waals surface area contributed by atoms with Gasteiger partial charge in [0.25, 0.3) is 5.69 Å². The van der Waals surface area contributed by atoms with Crippen molar-refractivity contribution in [3.63, 3.8) is 0 Å². The molecule has 1 aromatic heterocycles. The van der Waals surface area contributed by atoms with E-state index in [-0.39, 0.29) is 22.9 Å². The number of nitrogens with one attached hydrogen (secondary N) is 1. The second-order valence-corrected chi connectivity index (χ2v) is 8.05. The molecule has 0 aliphatic heterocycles. The number of sulfonamides is 1. The molecule has 3 rings (SSSR count). The van der Waals surface area contributed by atoms with E-state index in [1.807, 2.05) is 37.3 Å². The van der Waals surface area contributed by atoms with Crippen LogP contribution in [0.4, 0.5) is 5.69 Å². The predicted octanol–water partition coefficient (Wildman–Crippen LogP) is 2.88. The summed E-state index contributed by atoms with van der Waals surface area (Å²) in [5, 5.41) is 15.5. The molecule has 1 heterocycles. The number of benzene rings is 2. The first kappa shape index (κ1) is 20.5. The lowest BCUT2D eigenvalue weighted by atomic mass is 10.2. The molecule has 1 N–H and O–H groups in total. The maximum absolute atomic E-state index is 12.8. The molecular weight excluding hydrogens is 396 g/mol. The minimum absolute atomic E-state index is 0.0152. The van der Waals surface area contributed by atoms with Crippen molar-refractivity contribution in [1.82, 2.24) is 14.5 Å². The van der Waals surface area contributed by atoms with Gasteiger partial charge in [-0.05, 0) is 32.0 Å². The van der Waals surface area contributed by atoms with Gasteiger partial charge < -0.3 is 4.74 Å². The number of para-hydroxylation sites is 1. The second-order valence-electron chi connectivity index (χ2n) is 6.31. The molecule has 2 aromatic carbocycles. The number of non-ortho nitro benzene ring substituents is 1. The van der Waals surface area contributed by atoms with Crippen molar-refractivity contribution < 1.29 is 18.1 Å². The molecule has 0 aliphatic rings. The zero-order valence-electron chi connectivity index (χ0n) is 16.1. The van der Waals surface area contributed by atoms with E-state index in [0.29, 0.717) is 5.69 Å². The SMILES string of the molecule is COc1ccc([N+](=O)[O-])cc1S(=O)(=O)NCc1c(C)nn(-c2ccccc2)c1C. The lowest BCUT2D eigenvalue weighted by molar-refractivity contribution is -0.385. The van der Waals surface area contributed by atoms with Crippen molar-refractivity contribution in [2.24, 2.45) is 0 Å². The van der Waals surface area contributed by atoms with Crippen molar-refractivity contribution in [2.45, 2.75) is 25.3 Å². The Kier molecular flexibility index (Phi) is 5.66. The first-order chi connectivity index (χ1) is 13.7. The molecule has 0 bridgehead atoms. The summed E-state index contributed by atoms with van der Waals surface area (Å²) in [5.41, 5.74) is 2.72. The summed E-state index contributed by atoms with van der Waals surface area (Å²) < 4.78 is 34.9. The van der Waals surface area contributed by atoms with Gasteiger partial charge in [0.15, 0.2) is 0 Å². The molecule has 0 aliphatic carbocycles. The molecule has 3 aromatic rings. The van der Waals surface area contributed by atoms with Crippen molar-refractivity contribution in [3.8, 4) is 11.4 Å². The van der Waals surface area contributed by atoms with E-state index < -0.39 is 14.9 Å². The first-order valence-electron chi connectivity index (χ1n) is 8.67. The Morgan fingerprint density at radius 1 is 1.17 bits per heavy atom. The normalized spacial score (nSPS) is 11.4. The van der Waals surface area contributed by atoms with Crippen LogP contribution in [-0.4, -0.2) is 30.2 Å². The Labute approximate surface area is 168 Å². The number of hydrogen-bond acceptors (Lipinski definition) is 6. The summed E-state index contributed by atoms with van der Waals surface area (Å²) in [4.78, 5) is 10.1. The van der Waals surface area contributed by atoms with Gasteiger partial charge >= 0.3 is 0 Å². The zero-order chi connectivity index (χ0) is 21.2. The highest BCUT2D eigenvalue weighted by Crippen LogP contribution is 2.28. The third-order valence-electron chi connectivity index (χ3n) is 4.53. The maximum atomic E-state index is 12.8. The van der Waals surface area contributed by atoms with E-state index in [9.17, 15) is 18.5 Å². The highest BCUT2D eigenvalue weighted by molar-refractivity contribution is 7.89. The number of methoxy groups -OCH3 is 1. The molecule has 0 atom stereocenters. The summed E-state index contributed by atoms with van der Waals surface area (Å²) in [6, 6.07) is 12.9. The third-order valence-corrected chi connectivity index (χ3v) is 5.95. The van der Waals surface area contributed by atoms with Crippen molar-refractivity contribution >= 4 is 15.7 Å². The van der Waals surface area contributed by atoms with Gasteiger partial charge in [-0.15, -0.1) is 0 Å². The molecular formula is C19H20N4O5S. The average Bonchev–Trinajstić information content (AvgIpc) is 3.00. The molecule has 0 fully saturated rings. The van der Waals surface area contributed by atoms with Crippen molar-refractivity contribution in [1.29, 1.82) is 0 Å². The molecule has 0 amide bonds. The number of rotatable bonds is 7. The van der Waals surface area contributed by atoms with E-state index >= 15 is 0 Å². The number of nitrogens with zero attached hydrogens (tertiary/aromatic N) is 3.